The van der Waals surface area contributed by atoms with Gasteiger partial charge in [-0.25, -0.2) is 4.98 Å². The van der Waals surface area contributed by atoms with Crippen LogP contribution in [0, 0.1) is 5.92 Å². The van der Waals surface area contributed by atoms with Gasteiger partial charge in [-0.05, 0) is 49.9 Å². The number of piperidine rings is 1. The van der Waals surface area contributed by atoms with E-state index in [0.29, 0.717) is 11.8 Å². The van der Waals surface area contributed by atoms with E-state index in [1.165, 1.54) is 12.1 Å². The van der Waals surface area contributed by atoms with Crippen molar-refractivity contribution in [1.29, 1.82) is 0 Å². The number of amides is 1. The van der Waals surface area contributed by atoms with Crippen molar-refractivity contribution < 1.29 is 4.79 Å². The third kappa shape index (κ3) is 1.93. The Labute approximate surface area is 141 Å². The second-order valence-electron chi connectivity index (χ2n) is 7.30. The molecule has 2 aromatic rings. The Morgan fingerprint density at radius 1 is 1.21 bits per heavy atom. The Bertz CT molecular complexity index is 784. The van der Waals surface area contributed by atoms with Crippen LogP contribution in [-0.4, -0.2) is 33.4 Å². The van der Waals surface area contributed by atoms with E-state index in [0.717, 1.165) is 50.3 Å². The highest BCUT2D eigenvalue weighted by Crippen LogP contribution is 2.43. The Morgan fingerprint density at radius 2 is 2.04 bits per heavy atom. The molecule has 0 bridgehead atoms. The van der Waals surface area contributed by atoms with Crippen LogP contribution in [0.5, 0.6) is 0 Å². The van der Waals surface area contributed by atoms with Crippen molar-refractivity contribution in [1.82, 2.24) is 14.5 Å². The van der Waals surface area contributed by atoms with Gasteiger partial charge in [0.2, 0.25) is 5.91 Å². The highest BCUT2D eigenvalue weighted by molar-refractivity contribution is 5.79. The van der Waals surface area contributed by atoms with Crippen LogP contribution in [0.4, 0.5) is 5.69 Å². The highest BCUT2D eigenvalue weighted by atomic mass is 16.2. The number of rotatable bonds is 1. The van der Waals surface area contributed by atoms with Gasteiger partial charge in [-0.1, -0.05) is 6.42 Å². The summed E-state index contributed by atoms with van der Waals surface area (Å²) < 4.78 is 2.20. The molecule has 5 heteroatoms. The minimum Gasteiger partial charge on any atom is -0.371 e. The lowest BCUT2D eigenvalue weighted by molar-refractivity contribution is -0.139. The number of carbonyl (C=O) groups is 1. The number of pyridine rings is 1. The summed E-state index contributed by atoms with van der Waals surface area (Å²) in [4.78, 5) is 19.2. The van der Waals surface area contributed by atoms with Crippen LogP contribution in [0.25, 0.3) is 5.82 Å². The van der Waals surface area contributed by atoms with Crippen LogP contribution in [-0.2, 0) is 10.3 Å². The van der Waals surface area contributed by atoms with E-state index in [9.17, 15) is 4.79 Å². The molecule has 2 fully saturated rings. The van der Waals surface area contributed by atoms with Crippen molar-refractivity contribution >= 4 is 11.6 Å². The Morgan fingerprint density at radius 3 is 2.79 bits per heavy atom. The van der Waals surface area contributed by atoms with Crippen LogP contribution in [0.2, 0.25) is 0 Å². The summed E-state index contributed by atoms with van der Waals surface area (Å²) in [6.45, 7) is 1.67. The molecule has 2 aromatic heterocycles. The van der Waals surface area contributed by atoms with Gasteiger partial charge in [0.15, 0.2) is 5.82 Å². The molecule has 124 valence electrons. The van der Waals surface area contributed by atoms with Crippen LogP contribution in [0.15, 0.2) is 36.7 Å². The van der Waals surface area contributed by atoms with Crippen LogP contribution < -0.4 is 5.32 Å². The molecule has 1 aliphatic carbocycles. The van der Waals surface area contributed by atoms with Gasteiger partial charge in [-0.2, -0.15) is 0 Å². The van der Waals surface area contributed by atoms with E-state index >= 15 is 0 Å². The van der Waals surface area contributed by atoms with Gasteiger partial charge in [0, 0.05) is 37.1 Å². The van der Waals surface area contributed by atoms with Gasteiger partial charge in [-0.15, -0.1) is 0 Å². The van der Waals surface area contributed by atoms with Gasteiger partial charge < -0.3 is 14.8 Å². The summed E-state index contributed by atoms with van der Waals surface area (Å²) in [6, 6.07) is 8.35. The second kappa shape index (κ2) is 5.10. The normalized spacial score (nSPS) is 21.6. The summed E-state index contributed by atoms with van der Waals surface area (Å²) in [7, 11) is 0. The Kier molecular flexibility index (Phi) is 2.99. The molecular weight excluding hydrogens is 300 g/mol. The average Bonchev–Trinajstić information content (AvgIpc) is 3.05. The summed E-state index contributed by atoms with van der Waals surface area (Å²) in [5, 5.41) is 3.75. The smallest absolute Gasteiger partial charge is 0.225 e. The second-order valence-corrected chi connectivity index (χ2v) is 7.30. The van der Waals surface area contributed by atoms with E-state index < -0.39 is 0 Å². The summed E-state index contributed by atoms with van der Waals surface area (Å²) >= 11 is 0. The first kappa shape index (κ1) is 14.1. The third-order valence-electron chi connectivity index (χ3n) is 6.01. The van der Waals surface area contributed by atoms with Crippen LogP contribution in [0.3, 0.4) is 0 Å². The number of fused-ring (bicyclic) bond motifs is 4. The van der Waals surface area contributed by atoms with Crippen LogP contribution >= 0.6 is 0 Å². The molecule has 1 spiro atoms. The third-order valence-corrected chi connectivity index (χ3v) is 6.01. The molecule has 2 aliphatic heterocycles. The first-order chi connectivity index (χ1) is 11.8. The minimum absolute atomic E-state index is 0.0874. The predicted octanol–water partition coefficient (Wildman–Crippen LogP) is 2.92. The molecule has 1 N–H and O–H groups in total. The van der Waals surface area contributed by atoms with Crippen molar-refractivity contribution in [3.8, 4) is 5.82 Å². The molecule has 0 aromatic carbocycles. The molecule has 1 amide bonds. The van der Waals surface area contributed by atoms with Crippen LogP contribution in [0.1, 0.15) is 37.8 Å². The van der Waals surface area contributed by atoms with Crippen molar-refractivity contribution in [2.24, 2.45) is 5.92 Å². The molecule has 0 unspecified atom stereocenters. The predicted molar refractivity (Wildman–Crippen MR) is 92.0 cm³/mol. The molecule has 5 nitrogen and oxygen atoms in total. The fourth-order valence-electron chi connectivity index (χ4n) is 4.37. The highest BCUT2D eigenvalue weighted by Gasteiger charge is 2.43. The van der Waals surface area contributed by atoms with Crippen molar-refractivity contribution in [2.45, 2.75) is 37.6 Å². The minimum atomic E-state index is -0.0874. The molecule has 0 radical (unpaired) electrons. The zero-order chi connectivity index (χ0) is 16.1. The maximum atomic E-state index is 12.5. The quantitative estimate of drug-likeness (QED) is 0.878. The summed E-state index contributed by atoms with van der Waals surface area (Å²) in [5.74, 6) is 1.65. The van der Waals surface area contributed by atoms with E-state index in [2.05, 4.69) is 44.2 Å². The molecule has 5 rings (SSSR count). The molecular formula is C19H22N4O. The molecule has 1 saturated carbocycles. The van der Waals surface area contributed by atoms with Gasteiger partial charge in [-0.3, -0.25) is 4.79 Å². The van der Waals surface area contributed by atoms with Gasteiger partial charge in [0.25, 0.3) is 0 Å². The molecule has 24 heavy (non-hydrogen) atoms. The Balaban J connectivity index is 1.43. The van der Waals surface area contributed by atoms with E-state index in [1.54, 1.807) is 0 Å². The van der Waals surface area contributed by atoms with Gasteiger partial charge in [0.05, 0.1) is 11.2 Å². The zero-order valence-electron chi connectivity index (χ0n) is 13.7. The number of aromatic nitrogens is 2. The van der Waals surface area contributed by atoms with E-state index in [1.807, 2.05) is 12.3 Å². The molecule has 0 atom stereocenters. The first-order valence-electron chi connectivity index (χ1n) is 8.97. The monoisotopic (exact) mass is 322 g/mol. The number of anilines is 1. The molecule has 4 heterocycles. The molecule has 1 saturated heterocycles. The fraction of sp³-hybridized carbons (Fsp3) is 0.474. The van der Waals surface area contributed by atoms with Crippen molar-refractivity contribution in [3.63, 3.8) is 0 Å². The summed E-state index contributed by atoms with van der Waals surface area (Å²) in [6.07, 6.45) is 9.21. The molecule has 3 aliphatic rings. The number of nitrogens with one attached hydrogen (secondary N) is 1. The zero-order valence-corrected chi connectivity index (χ0v) is 13.7. The number of likely N-dealkylation sites (tertiary alicyclic amines) is 1. The van der Waals surface area contributed by atoms with E-state index in [4.69, 9.17) is 0 Å². The van der Waals surface area contributed by atoms with Crippen molar-refractivity contribution in [3.05, 3.63) is 42.4 Å². The standard InChI is InChI=1S/C19H22N4O/c24-18(14-4-1-5-14)22-12-8-19(9-13-22)16-7-3-11-23(16)17-15(21-19)6-2-10-20-17/h2-3,6-7,10-11,14,21H,1,4-5,8-9,12-13H2. The Hall–Kier alpha value is -2.30. The number of nitrogens with zero attached hydrogens (tertiary/aromatic N) is 3. The first-order valence-corrected chi connectivity index (χ1v) is 8.97. The lowest BCUT2D eigenvalue weighted by Gasteiger charge is -2.46. The van der Waals surface area contributed by atoms with E-state index in [-0.39, 0.29) is 5.54 Å². The average molecular weight is 322 g/mol. The lowest BCUT2D eigenvalue weighted by atomic mass is 9.80. The van der Waals surface area contributed by atoms with Gasteiger partial charge >= 0.3 is 0 Å². The van der Waals surface area contributed by atoms with Gasteiger partial charge in [0.1, 0.15) is 0 Å². The number of carbonyl (C=O) groups excluding carboxylic acids is 1. The van der Waals surface area contributed by atoms with Crippen molar-refractivity contribution in [2.75, 3.05) is 18.4 Å². The largest absolute Gasteiger partial charge is 0.371 e. The summed E-state index contributed by atoms with van der Waals surface area (Å²) in [5.41, 5.74) is 2.26. The topological polar surface area (TPSA) is 50.2 Å². The fourth-order valence-corrected chi connectivity index (χ4v) is 4.37. The number of hydrogen-bond donors (Lipinski definition) is 1. The lowest BCUT2D eigenvalue weighted by Crippen LogP contribution is -2.52. The SMILES string of the molecule is O=C(C1CCC1)N1CCC2(CC1)Nc1cccnc1-n1cccc12. The maximum Gasteiger partial charge on any atom is 0.225 e. The maximum absolute atomic E-state index is 12.5. The number of hydrogen-bond acceptors (Lipinski definition) is 3.